The SMILES string of the molecule is C=C(C)C(C)CO[Si](C)(C)C(C)(C)C. The zero-order valence-electron chi connectivity index (χ0n) is 10.9. The van der Waals surface area contributed by atoms with Crippen LogP contribution in [0.1, 0.15) is 34.6 Å². The van der Waals surface area contributed by atoms with Crippen LogP contribution in [0.3, 0.4) is 0 Å². The maximum Gasteiger partial charge on any atom is 0.192 e. The third-order valence-corrected chi connectivity index (χ3v) is 7.84. The van der Waals surface area contributed by atoms with Gasteiger partial charge in [-0.05, 0) is 31.0 Å². The first-order chi connectivity index (χ1) is 6.08. The van der Waals surface area contributed by atoms with Crippen LogP contribution in [0.4, 0.5) is 0 Å². The molecular formula is C12H26OSi. The van der Waals surface area contributed by atoms with Gasteiger partial charge in [-0.2, -0.15) is 0 Å². The van der Waals surface area contributed by atoms with Gasteiger partial charge in [-0.15, -0.1) is 0 Å². The Balaban J connectivity index is 4.20. The molecule has 0 fully saturated rings. The zero-order valence-corrected chi connectivity index (χ0v) is 11.9. The molecule has 1 unspecified atom stereocenters. The van der Waals surface area contributed by atoms with Crippen molar-refractivity contribution in [1.29, 1.82) is 0 Å². The van der Waals surface area contributed by atoms with E-state index in [1.807, 2.05) is 0 Å². The van der Waals surface area contributed by atoms with Crippen LogP contribution in [0.15, 0.2) is 12.2 Å². The van der Waals surface area contributed by atoms with Crippen LogP contribution in [-0.4, -0.2) is 14.9 Å². The van der Waals surface area contributed by atoms with Gasteiger partial charge in [0.25, 0.3) is 0 Å². The minimum atomic E-state index is -1.55. The lowest BCUT2D eigenvalue weighted by atomic mass is 10.1. The van der Waals surface area contributed by atoms with E-state index >= 15 is 0 Å². The van der Waals surface area contributed by atoms with Crippen molar-refractivity contribution in [2.45, 2.75) is 52.8 Å². The van der Waals surface area contributed by atoms with Gasteiger partial charge in [0.05, 0.1) is 0 Å². The molecule has 14 heavy (non-hydrogen) atoms. The van der Waals surface area contributed by atoms with Crippen molar-refractivity contribution in [2.24, 2.45) is 5.92 Å². The molecule has 0 aromatic carbocycles. The molecular weight excluding hydrogens is 188 g/mol. The highest BCUT2D eigenvalue weighted by Gasteiger charge is 2.37. The number of hydrogen-bond acceptors (Lipinski definition) is 1. The molecule has 0 aromatic heterocycles. The molecule has 84 valence electrons. The average molecular weight is 214 g/mol. The van der Waals surface area contributed by atoms with Crippen molar-refractivity contribution >= 4 is 8.32 Å². The van der Waals surface area contributed by atoms with Crippen molar-refractivity contribution in [1.82, 2.24) is 0 Å². The maximum atomic E-state index is 6.10. The molecule has 0 aliphatic rings. The lowest BCUT2D eigenvalue weighted by Crippen LogP contribution is -2.41. The molecule has 0 saturated heterocycles. The van der Waals surface area contributed by atoms with Gasteiger partial charge in [0, 0.05) is 6.61 Å². The van der Waals surface area contributed by atoms with Crippen LogP contribution < -0.4 is 0 Å². The smallest absolute Gasteiger partial charge is 0.192 e. The molecule has 0 aliphatic heterocycles. The molecule has 0 spiro atoms. The summed E-state index contributed by atoms with van der Waals surface area (Å²) < 4.78 is 6.10. The fraction of sp³-hybridized carbons (Fsp3) is 0.833. The van der Waals surface area contributed by atoms with Crippen LogP contribution in [0.2, 0.25) is 18.1 Å². The molecule has 0 N–H and O–H groups in total. The maximum absolute atomic E-state index is 6.10. The van der Waals surface area contributed by atoms with Gasteiger partial charge in [-0.3, -0.25) is 0 Å². The Morgan fingerprint density at radius 2 is 1.79 bits per heavy atom. The summed E-state index contributed by atoms with van der Waals surface area (Å²) in [6, 6.07) is 0. The van der Waals surface area contributed by atoms with E-state index in [0.717, 1.165) is 6.61 Å². The van der Waals surface area contributed by atoms with Crippen LogP contribution >= 0.6 is 0 Å². The average Bonchev–Trinajstić information content (AvgIpc) is 1.97. The zero-order chi connectivity index (χ0) is 11.6. The topological polar surface area (TPSA) is 9.23 Å². The molecule has 0 amide bonds. The lowest BCUT2D eigenvalue weighted by molar-refractivity contribution is 0.254. The summed E-state index contributed by atoms with van der Waals surface area (Å²) in [6.45, 7) is 20.4. The van der Waals surface area contributed by atoms with E-state index in [1.165, 1.54) is 5.57 Å². The lowest BCUT2D eigenvalue weighted by Gasteiger charge is -2.37. The Kier molecular flexibility index (Phi) is 4.60. The summed E-state index contributed by atoms with van der Waals surface area (Å²) in [6.07, 6.45) is 0. The highest BCUT2D eigenvalue weighted by molar-refractivity contribution is 6.74. The second-order valence-electron chi connectivity index (χ2n) is 5.82. The van der Waals surface area contributed by atoms with Gasteiger partial charge in [-0.1, -0.05) is 39.8 Å². The first-order valence-electron chi connectivity index (χ1n) is 5.37. The molecule has 0 aromatic rings. The predicted octanol–water partition coefficient (Wildman–Crippen LogP) is 4.22. The van der Waals surface area contributed by atoms with Crippen molar-refractivity contribution < 1.29 is 4.43 Å². The van der Waals surface area contributed by atoms with E-state index in [4.69, 9.17) is 4.43 Å². The minimum Gasteiger partial charge on any atom is -0.416 e. The van der Waals surface area contributed by atoms with Gasteiger partial charge in [0.15, 0.2) is 8.32 Å². The minimum absolute atomic E-state index is 0.307. The van der Waals surface area contributed by atoms with E-state index in [0.29, 0.717) is 11.0 Å². The van der Waals surface area contributed by atoms with E-state index in [9.17, 15) is 0 Å². The highest BCUT2D eigenvalue weighted by atomic mass is 28.4. The van der Waals surface area contributed by atoms with Crippen LogP contribution in [0, 0.1) is 5.92 Å². The Labute approximate surface area is 90.7 Å². The molecule has 2 heteroatoms. The highest BCUT2D eigenvalue weighted by Crippen LogP contribution is 2.36. The first-order valence-corrected chi connectivity index (χ1v) is 8.28. The molecule has 0 saturated carbocycles. The third kappa shape index (κ3) is 3.97. The fourth-order valence-electron chi connectivity index (χ4n) is 0.692. The van der Waals surface area contributed by atoms with Gasteiger partial charge in [-0.25, -0.2) is 0 Å². The fourth-order valence-corrected chi connectivity index (χ4v) is 1.79. The Bertz CT molecular complexity index is 201. The van der Waals surface area contributed by atoms with Crippen molar-refractivity contribution in [3.63, 3.8) is 0 Å². The van der Waals surface area contributed by atoms with Crippen LogP contribution in [-0.2, 0) is 4.43 Å². The molecule has 0 heterocycles. The summed E-state index contributed by atoms with van der Waals surface area (Å²) in [5.41, 5.74) is 1.21. The van der Waals surface area contributed by atoms with Crippen molar-refractivity contribution in [3.8, 4) is 0 Å². The van der Waals surface area contributed by atoms with Crippen LogP contribution in [0.5, 0.6) is 0 Å². The summed E-state index contributed by atoms with van der Waals surface area (Å²) >= 11 is 0. The third-order valence-electron chi connectivity index (χ3n) is 3.34. The Hall–Kier alpha value is -0.0831. The summed E-state index contributed by atoms with van der Waals surface area (Å²) in [7, 11) is -1.55. The second kappa shape index (κ2) is 4.62. The molecule has 0 radical (unpaired) electrons. The summed E-state index contributed by atoms with van der Waals surface area (Å²) in [5, 5.41) is 0.307. The molecule has 0 bridgehead atoms. The number of rotatable bonds is 4. The van der Waals surface area contributed by atoms with E-state index < -0.39 is 8.32 Å². The van der Waals surface area contributed by atoms with Gasteiger partial charge < -0.3 is 4.43 Å². The van der Waals surface area contributed by atoms with Gasteiger partial charge >= 0.3 is 0 Å². The Morgan fingerprint density at radius 1 is 1.36 bits per heavy atom. The van der Waals surface area contributed by atoms with E-state index in [-0.39, 0.29) is 0 Å². The quantitative estimate of drug-likeness (QED) is 0.503. The summed E-state index contributed by atoms with van der Waals surface area (Å²) in [5.74, 6) is 0.476. The predicted molar refractivity (Wildman–Crippen MR) is 67.1 cm³/mol. The van der Waals surface area contributed by atoms with Crippen LogP contribution in [0.25, 0.3) is 0 Å². The Morgan fingerprint density at radius 3 is 2.07 bits per heavy atom. The molecule has 0 rings (SSSR count). The van der Waals surface area contributed by atoms with Crippen molar-refractivity contribution in [3.05, 3.63) is 12.2 Å². The standard InChI is InChI=1S/C12H26OSi/c1-10(2)11(3)9-13-14(7,8)12(4,5)6/h11H,1,9H2,2-8H3. The first kappa shape index (κ1) is 13.9. The molecule has 0 aliphatic carbocycles. The number of hydrogen-bond donors (Lipinski definition) is 0. The van der Waals surface area contributed by atoms with E-state index in [2.05, 4.69) is 54.3 Å². The normalized spacial score (nSPS) is 15.4. The van der Waals surface area contributed by atoms with Gasteiger partial charge in [0.2, 0.25) is 0 Å². The van der Waals surface area contributed by atoms with Gasteiger partial charge in [0.1, 0.15) is 0 Å². The van der Waals surface area contributed by atoms with Crippen molar-refractivity contribution in [2.75, 3.05) is 6.61 Å². The van der Waals surface area contributed by atoms with E-state index in [1.54, 1.807) is 0 Å². The summed E-state index contributed by atoms with van der Waals surface area (Å²) in [4.78, 5) is 0. The largest absolute Gasteiger partial charge is 0.416 e. The molecule has 1 nitrogen and oxygen atoms in total. The monoisotopic (exact) mass is 214 g/mol. The molecule has 1 atom stereocenters. The second-order valence-corrected chi connectivity index (χ2v) is 10.6.